The quantitative estimate of drug-likeness (QED) is 0.666. The van der Waals surface area contributed by atoms with Crippen LogP contribution in [-0.2, 0) is 9.59 Å². The standard InChI is InChI=1S/C19H26N2O4/c22-15(23)13-6-14(13)19(16(24)20-17(25)21-19)2-1-18-7-10-3-11(8-18)5-12(4-10)9-18/h10-14H,1-9H2,(H,22,23)(H2,20,21,24,25). The summed E-state index contributed by atoms with van der Waals surface area (Å²) in [5, 5.41) is 14.5. The summed E-state index contributed by atoms with van der Waals surface area (Å²) in [6, 6.07) is -0.466. The molecule has 25 heavy (non-hydrogen) atoms. The predicted octanol–water partition coefficient (Wildman–Crippen LogP) is 2.28. The molecule has 3 N–H and O–H groups in total. The van der Waals surface area contributed by atoms with Crippen molar-refractivity contribution in [2.45, 2.75) is 63.3 Å². The van der Waals surface area contributed by atoms with E-state index in [-0.39, 0.29) is 11.8 Å². The third kappa shape index (κ3) is 2.32. The molecule has 6 rings (SSSR count). The Balaban J connectivity index is 1.36. The Kier molecular flexibility index (Phi) is 3.12. The highest BCUT2D eigenvalue weighted by Gasteiger charge is 2.63. The second kappa shape index (κ2) is 4.98. The van der Waals surface area contributed by atoms with E-state index in [0.29, 0.717) is 18.3 Å². The van der Waals surface area contributed by atoms with Gasteiger partial charge in [0.1, 0.15) is 5.54 Å². The number of carbonyl (C=O) groups is 3. The summed E-state index contributed by atoms with van der Waals surface area (Å²) >= 11 is 0. The van der Waals surface area contributed by atoms with Gasteiger partial charge in [-0.25, -0.2) is 4.79 Å². The third-order valence-electron chi connectivity index (χ3n) is 7.92. The second-order valence-electron chi connectivity index (χ2n) is 9.58. The summed E-state index contributed by atoms with van der Waals surface area (Å²) < 4.78 is 0. The van der Waals surface area contributed by atoms with Gasteiger partial charge in [0, 0.05) is 5.92 Å². The van der Waals surface area contributed by atoms with Crippen molar-refractivity contribution in [3.8, 4) is 0 Å². The van der Waals surface area contributed by atoms with Gasteiger partial charge >= 0.3 is 12.0 Å². The van der Waals surface area contributed by atoms with E-state index in [1.165, 1.54) is 38.5 Å². The van der Waals surface area contributed by atoms with Gasteiger partial charge in [0.05, 0.1) is 5.92 Å². The number of rotatable bonds is 5. The summed E-state index contributed by atoms with van der Waals surface area (Å²) in [6.07, 6.45) is 9.94. The Morgan fingerprint density at radius 1 is 1.00 bits per heavy atom. The van der Waals surface area contributed by atoms with Crippen LogP contribution in [0.25, 0.3) is 0 Å². The number of carboxylic acid groups (broad SMARTS) is 1. The normalized spacial score (nSPS) is 49.8. The molecule has 0 aromatic rings. The number of hydrogen-bond acceptors (Lipinski definition) is 3. The molecule has 0 radical (unpaired) electrons. The van der Waals surface area contributed by atoms with Crippen LogP contribution < -0.4 is 10.6 Å². The van der Waals surface area contributed by atoms with Crippen LogP contribution in [0.2, 0.25) is 0 Å². The van der Waals surface area contributed by atoms with Gasteiger partial charge in [0.15, 0.2) is 0 Å². The first-order valence-electron chi connectivity index (χ1n) is 9.76. The van der Waals surface area contributed by atoms with Gasteiger partial charge in [-0.15, -0.1) is 0 Å². The first-order chi connectivity index (χ1) is 11.9. The fourth-order valence-electron chi connectivity index (χ4n) is 7.20. The van der Waals surface area contributed by atoms with Crippen molar-refractivity contribution >= 4 is 17.9 Å². The molecule has 6 fully saturated rings. The SMILES string of the molecule is O=C1NC(=O)C(CCC23CC4CC(CC(C4)C2)C3)(C2CC2C(=O)O)N1. The molecule has 3 unspecified atom stereocenters. The van der Waals surface area contributed by atoms with Crippen LogP contribution in [0.4, 0.5) is 4.79 Å². The largest absolute Gasteiger partial charge is 0.481 e. The summed E-state index contributed by atoms with van der Waals surface area (Å²) in [6.45, 7) is 0. The molecule has 0 aromatic carbocycles. The summed E-state index contributed by atoms with van der Waals surface area (Å²) in [4.78, 5) is 35.7. The smallest absolute Gasteiger partial charge is 0.322 e. The molecule has 4 bridgehead atoms. The van der Waals surface area contributed by atoms with E-state index >= 15 is 0 Å². The monoisotopic (exact) mass is 346 g/mol. The van der Waals surface area contributed by atoms with Crippen LogP contribution in [-0.4, -0.2) is 28.6 Å². The lowest BCUT2D eigenvalue weighted by molar-refractivity contribution is -0.139. The molecule has 0 aromatic heterocycles. The van der Waals surface area contributed by atoms with Crippen molar-refractivity contribution in [2.75, 3.05) is 0 Å². The van der Waals surface area contributed by atoms with Crippen LogP contribution in [0, 0.1) is 35.0 Å². The predicted molar refractivity (Wildman–Crippen MR) is 88.5 cm³/mol. The number of imide groups is 1. The van der Waals surface area contributed by atoms with Gasteiger partial charge in [0.25, 0.3) is 5.91 Å². The average Bonchev–Trinajstić information content (AvgIpc) is 3.26. The molecule has 6 aliphatic rings. The minimum atomic E-state index is -0.997. The Hall–Kier alpha value is -1.59. The highest BCUT2D eigenvalue weighted by atomic mass is 16.4. The second-order valence-corrected chi connectivity index (χ2v) is 9.58. The zero-order chi connectivity index (χ0) is 17.4. The van der Waals surface area contributed by atoms with E-state index in [0.717, 1.165) is 24.2 Å². The van der Waals surface area contributed by atoms with Crippen LogP contribution in [0.3, 0.4) is 0 Å². The van der Waals surface area contributed by atoms with Gasteiger partial charge in [-0.2, -0.15) is 0 Å². The molecular formula is C19H26N2O4. The third-order valence-corrected chi connectivity index (χ3v) is 7.92. The lowest BCUT2D eigenvalue weighted by Crippen LogP contribution is -2.52. The lowest BCUT2D eigenvalue weighted by Gasteiger charge is -2.57. The van der Waals surface area contributed by atoms with Crippen LogP contribution in [0.1, 0.15) is 57.8 Å². The number of carboxylic acids is 1. The van der Waals surface area contributed by atoms with Crippen molar-refractivity contribution in [3.63, 3.8) is 0 Å². The molecule has 3 amide bonds. The first kappa shape index (κ1) is 15.6. The molecule has 6 heteroatoms. The molecule has 3 atom stereocenters. The minimum absolute atomic E-state index is 0.259. The molecule has 1 saturated heterocycles. The van der Waals surface area contributed by atoms with Gasteiger partial charge in [-0.3, -0.25) is 14.9 Å². The molecule has 5 saturated carbocycles. The number of amides is 3. The highest BCUT2D eigenvalue weighted by molar-refractivity contribution is 6.07. The number of urea groups is 1. The number of carbonyl (C=O) groups excluding carboxylic acids is 2. The number of nitrogens with one attached hydrogen (secondary N) is 2. The maximum atomic E-state index is 12.6. The summed E-state index contributed by atoms with van der Waals surface area (Å²) in [5.41, 5.74) is -0.674. The van der Waals surface area contributed by atoms with Crippen molar-refractivity contribution in [1.29, 1.82) is 0 Å². The minimum Gasteiger partial charge on any atom is -0.481 e. The highest BCUT2D eigenvalue weighted by Crippen LogP contribution is 2.62. The van der Waals surface area contributed by atoms with E-state index < -0.39 is 23.5 Å². The van der Waals surface area contributed by atoms with E-state index in [4.69, 9.17) is 0 Å². The van der Waals surface area contributed by atoms with Crippen LogP contribution >= 0.6 is 0 Å². The Labute approximate surface area is 147 Å². The number of aliphatic carboxylic acids is 1. The van der Waals surface area contributed by atoms with E-state index in [1.54, 1.807) is 0 Å². The van der Waals surface area contributed by atoms with E-state index in [1.807, 2.05) is 0 Å². The molecule has 6 nitrogen and oxygen atoms in total. The lowest BCUT2D eigenvalue weighted by atomic mass is 9.48. The molecule has 5 aliphatic carbocycles. The number of hydrogen-bond donors (Lipinski definition) is 3. The Morgan fingerprint density at radius 3 is 2.04 bits per heavy atom. The topological polar surface area (TPSA) is 95.5 Å². The van der Waals surface area contributed by atoms with Gasteiger partial charge < -0.3 is 10.4 Å². The zero-order valence-electron chi connectivity index (χ0n) is 14.4. The molecular weight excluding hydrogens is 320 g/mol. The van der Waals surface area contributed by atoms with Gasteiger partial charge in [-0.05, 0) is 81.0 Å². The van der Waals surface area contributed by atoms with Crippen molar-refractivity contribution in [3.05, 3.63) is 0 Å². The summed E-state index contributed by atoms with van der Waals surface area (Å²) in [5.74, 6) is 0.626. The van der Waals surface area contributed by atoms with Crippen molar-refractivity contribution in [2.24, 2.45) is 35.0 Å². The van der Waals surface area contributed by atoms with Crippen molar-refractivity contribution in [1.82, 2.24) is 10.6 Å². The maximum Gasteiger partial charge on any atom is 0.322 e. The molecule has 1 heterocycles. The van der Waals surface area contributed by atoms with Gasteiger partial charge in [-0.1, -0.05) is 0 Å². The average molecular weight is 346 g/mol. The zero-order valence-corrected chi connectivity index (χ0v) is 14.4. The van der Waals surface area contributed by atoms with Crippen LogP contribution in [0.5, 0.6) is 0 Å². The fourth-order valence-corrected chi connectivity index (χ4v) is 7.20. The fraction of sp³-hybridized carbons (Fsp3) is 0.842. The van der Waals surface area contributed by atoms with E-state index in [9.17, 15) is 19.5 Å². The summed E-state index contributed by atoms with van der Waals surface area (Å²) in [7, 11) is 0. The maximum absolute atomic E-state index is 12.6. The van der Waals surface area contributed by atoms with E-state index in [2.05, 4.69) is 10.6 Å². The van der Waals surface area contributed by atoms with Gasteiger partial charge in [0.2, 0.25) is 0 Å². The van der Waals surface area contributed by atoms with Crippen molar-refractivity contribution < 1.29 is 19.5 Å². The Bertz CT molecular complexity index is 625. The molecule has 136 valence electrons. The molecule has 0 spiro atoms. The Morgan fingerprint density at radius 2 is 1.60 bits per heavy atom. The molecule has 1 aliphatic heterocycles. The first-order valence-corrected chi connectivity index (χ1v) is 9.76. The van der Waals surface area contributed by atoms with Crippen LogP contribution in [0.15, 0.2) is 0 Å².